The molecular weight excluding hydrogens is 186 g/mol. The summed E-state index contributed by atoms with van der Waals surface area (Å²) in [6.07, 6.45) is -0.124. The number of carbonyl (C=O) groups is 2. The lowest BCUT2D eigenvalue weighted by atomic mass is 9.84. The molecule has 0 aromatic carbocycles. The summed E-state index contributed by atoms with van der Waals surface area (Å²) in [5.41, 5.74) is 4.08. The molecule has 0 aromatic rings. The van der Waals surface area contributed by atoms with Crippen LogP contribution in [0.5, 0.6) is 0 Å². The quantitative estimate of drug-likeness (QED) is 0.509. The highest BCUT2D eigenvalue weighted by Gasteiger charge is 2.60. The van der Waals surface area contributed by atoms with Gasteiger partial charge < -0.3 is 15.9 Å². The summed E-state index contributed by atoms with van der Waals surface area (Å²) in [7, 11) is 0. The van der Waals surface area contributed by atoms with E-state index in [2.05, 4.69) is 0 Å². The molecule has 2 rings (SSSR count). The highest BCUT2D eigenvalue weighted by Crippen LogP contribution is 2.47. The van der Waals surface area contributed by atoms with E-state index >= 15 is 0 Å². The molecule has 0 saturated heterocycles. The number of rotatable bonds is 1. The van der Waals surface area contributed by atoms with Gasteiger partial charge in [-0.3, -0.25) is 9.59 Å². The Kier molecular flexibility index (Phi) is 1.90. The van der Waals surface area contributed by atoms with Crippen LogP contribution in [0.1, 0.15) is 19.3 Å². The topological polar surface area (TPSA) is 101 Å². The van der Waals surface area contributed by atoms with E-state index in [0.29, 0.717) is 12.8 Å². The fourth-order valence-corrected chi connectivity index (χ4v) is 2.77. The van der Waals surface area contributed by atoms with E-state index in [9.17, 15) is 14.7 Å². The summed E-state index contributed by atoms with van der Waals surface area (Å²) in [5.74, 6) is -1.57. The van der Waals surface area contributed by atoms with Crippen LogP contribution in [0.3, 0.4) is 0 Å². The third-order valence-electron chi connectivity index (χ3n) is 3.57. The number of carboxylic acids is 1. The largest absolute Gasteiger partial charge is 0.480 e. The summed E-state index contributed by atoms with van der Waals surface area (Å²) in [4.78, 5) is 22.1. The highest BCUT2D eigenvalue weighted by molar-refractivity contribution is 5.87. The van der Waals surface area contributed by atoms with Crippen LogP contribution in [0.25, 0.3) is 0 Å². The van der Waals surface area contributed by atoms with Crippen LogP contribution in [0.2, 0.25) is 0 Å². The van der Waals surface area contributed by atoms with Crippen LogP contribution in [0.15, 0.2) is 0 Å². The smallest absolute Gasteiger partial charge is 0.326 e. The third-order valence-corrected chi connectivity index (χ3v) is 3.57. The van der Waals surface area contributed by atoms with E-state index in [0.717, 1.165) is 0 Å². The van der Waals surface area contributed by atoms with Crippen LogP contribution in [0.4, 0.5) is 0 Å². The van der Waals surface area contributed by atoms with Crippen molar-refractivity contribution in [1.82, 2.24) is 0 Å². The predicted molar refractivity (Wildman–Crippen MR) is 46.4 cm³/mol. The summed E-state index contributed by atoms with van der Waals surface area (Å²) >= 11 is 0. The van der Waals surface area contributed by atoms with Gasteiger partial charge in [-0.2, -0.15) is 0 Å². The minimum Gasteiger partial charge on any atom is -0.480 e. The molecule has 0 heterocycles. The number of aliphatic hydroxyl groups excluding tert-OH is 1. The molecule has 2 fully saturated rings. The van der Waals surface area contributed by atoms with E-state index in [1.807, 2.05) is 0 Å². The number of nitrogens with two attached hydrogens (primary N) is 1. The Balaban J connectivity index is 2.33. The van der Waals surface area contributed by atoms with Gasteiger partial charge in [0.25, 0.3) is 0 Å². The molecule has 0 spiro atoms. The second-order valence-corrected chi connectivity index (χ2v) is 4.30. The summed E-state index contributed by atoms with van der Waals surface area (Å²) in [5, 5.41) is 18.6. The van der Waals surface area contributed by atoms with E-state index < -0.39 is 17.6 Å². The number of aliphatic carboxylic acids is 1. The second kappa shape index (κ2) is 2.77. The zero-order valence-electron chi connectivity index (χ0n) is 7.64. The molecule has 0 aromatic heterocycles. The molecule has 2 aliphatic carbocycles. The molecular formula is C9H13NO4. The lowest BCUT2D eigenvalue weighted by Crippen LogP contribution is -2.58. The average molecular weight is 199 g/mol. The average Bonchev–Trinajstić information content (AvgIpc) is 2.53. The maximum Gasteiger partial charge on any atom is 0.326 e. The third kappa shape index (κ3) is 1.02. The lowest BCUT2D eigenvalue weighted by Gasteiger charge is -2.28. The van der Waals surface area contributed by atoms with Crippen molar-refractivity contribution >= 4 is 11.8 Å². The van der Waals surface area contributed by atoms with Crippen LogP contribution in [-0.4, -0.2) is 33.6 Å². The molecule has 2 aliphatic rings. The lowest BCUT2D eigenvalue weighted by molar-refractivity contribution is -0.148. The SMILES string of the molecule is NC1(C(=O)O)C(O)CC2CC(=O)CC21. The number of ketones is 1. The first kappa shape index (κ1) is 9.61. The van der Waals surface area contributed by atoms with Gasteiger partial charge in [0.15, 0.2) is 0 Å². The first-order chi connectivity index (χ1) is 6.46. The van der Waals surface area contributed by atoms with Crippen molar-refractivity contribution in [3.8, 4) is 0 Å². The summed E-state index contributed by atoms with van der Waals surface area (Å²) < 4.78 is 0. The normalized spacial score (nSPS) is 46.7. The molecule has 78 valence electrons. The first-order valence-electron chi connectivity index (χ1n) is 4.68. The zero-order chi connectivity index (χ0) is 10.5. The van der Waals surface area contributed by atoms with Gasteiger partial charge in [0.2, 0.25) is 0 Å². The molecule has 2 saturated carbocycles. The van der Waals surface area contributed by atoms with E-state index in [1.165, 1.54) is 0 Å². The van der Waals surface area contributed by atoms with Gasteiger partial charge in [0.05, 0.1) is 6.10 Å². The van der Waals surface area contributed by atoms with E-state index in [4.69, 9.17) is 10.8 Å². The Labute approximate surface area is 80.9 Å². The van der Waals surface area contributed by atoms with Gasteiger partial charge in [0, 0.05) is 18.8 Å². The number of Topliss-reactive ketones (excluding diaryl/α,β-unsaturated/α-hetero) is 1. The second-order valence-electron chi connectivity index (χ2n) is 4.30. The van der Waals surface area contributed by atoms with Gasteiger partial charge in [-0.15, -0.1) is 0 Å². The maximum atomic E-state index is 11.1. The highest BCUT2D eigenvalue weighted by atomic mass is 16.4. The van der Waals surface area contributed by atoms with Gasteiger partial charge in [-0.05, 0) is 12.3 Å². The van der Waals surface area contributed by atoms with Crippen LogP contribution >= 0.6 is 0 Å². The number of hydrogen-bond donors (Lipinski definition) is 3. The van der Waals surface area contributed by atoms with Gasteiger partial charge in [-0.1, -0.05) is 0 Å². The van der Waals surface area contributed by atoms with Crippen LogP contribution in [-0.2, 0) is 9.59 Å². The fourth-order valence-electron chi connectivity index (χ4n) is 2.77. The van der Waals surface area contributed by atoms with Crippen molar-refractivity contribution < 1.29 is 19.8 Å². The predicted octanol–water partition coefficient (Wildman–Crippen LogP) is -0.872. The molecule has 5 heteroatoms. The first-order valence-corrected chi connectivity index (χ1v) is 4.68. The van der Waals surface area contributed by atoms with Crippen molar-refractivity contribution in [2.24, 2.45) is 17.6 Å². The van der Waals surface area contributed by atoms with Gasteiger partial charge in [-0.25, -0.2) is 0 Å². The Morgan fingerprint density at radius 3 is 2.71 bits per heavy atom. The van der Waals surface area contributed by atoms with Crippen molar-refractivity contribution in [3.63, 3.8) is 0 Å². The van der Waals surface area contributed by atoms with Crippen LogP contribution in [0, 0.1) is 11.8 Å². The molecule has 4 N–H and O–H groups in total. The molecule has 4 unspecified atom stereocenters. The minimum atomic E-state index is -1.61. The van der Waals surface area contributed by atoms with Gasteiger partial charge in [0.1, 0.15) is 11.3 Å². The Bertz CT molecular complexity index is 303. The maximum absolute atomic E-state index is 11.1. The molecule has 5 nitrogen and oxygen atoms in total. The summed E-state index contributed by atoms with van der Waals surface area (Å²) in [6, 6.07) is 0. The monoisotopic (exact) mass is 199 g/mol. The van der Waals surface area contributed by atoms with Crippen molar-refractivity contribution in [1.29, 1.82) is 0 Å². The number of hydrogen-bond acceptors (Lipinski definition) is 4. The van der Waals surface area contributed by atoms with Crippen molar-refractivity contribution in [2.75, 3.05) is 0 Å². The Morgan fingerprint density at radius 2 is 2.14 bits per heavy atom. The molecule has 14 heavy (non-hydrogen) atoms. The number of carboxylic acid groups (broad SMARTS) is 1. The Hall–Kier alpha value is -0.940. The number of carbonyl (C=O) groups excluding carboxylic acids is 1. The van der Waals surface area contributed by atoms with Gasteiger partial charge >= 0.3 is 5.97 Å². The standard InChI is InChI=1S/C9H13NO4/c10-9(8(13)14)6-3-5(11)1-4(6)2-7(9)12/h4,6-7,12H,1-3,10H2,(H,13,14). The zero-order valence-corrected chi connectivity index (χ0v) is 7.64. The summed E-state index contributed by atoms with van der Waals surface area (Å²) in [6.45, 7) is 0. The molecule has 0 amide bonds. The number of fused-ring (bicyclic) bond motifs is 1. The number of aliphatic hydroxyl groups is 1. The molecule has 0 radical (unpaired) electrons. The molecule has 4 atom stereocenters. The Morgan fingerprint density at radius 1 is 1.50 bits per heavy atom. The molecule has 0 bridgehead atoms. The van der Waals surface area contributed by atoms with Crippen molar-refractivity contribution in [3.05, 3.63) is 0 Å². The minimum absolute atomic E-state index is 0.0430. The fraction of sp³-hybridized carbons (Fsp3) is 0.778. The van der Waals surface area contributed by atoms with Crippen molar-refractivity contribution in [2.45, 2.75) is 30.9 Å². The molecule has 0 aliphatic heterocycles. The van der Waals surface area contributed by atoms with Crippen LogP contribution < -0.4 is 5.73 Å². The van der Waals surface area contributed by atoms with E-state index in [1.54, 1.807) is 0 Å². The van der Waals surface area contributed by atoms with E-state index in [-0.39, 0.29) is 24.0 Å².